The van der Waals surface area contributed by atoms with Crippen molar-refractivity contribution >= 4 is 17.4 Å². The predicted molar refractivity (Wildman–Crippen MR) is 57.9 cm³/mol. The zero-order chi connectivity index (χ0) is 11.0. The number of cyclic esters (lactones) is 1. The summed E-state index contributed by atoms with van der Waals surface area (Å²) >= 11 is 1.60. The first-order valence-electron chi connectivity index (χ1n) is 4.96. The van der Waals surface area contributed by atoms with Crippen molar-refractivity contribution in [3.8, 4) is 0 Å². The number of ether oxygens (including phenoxy) is 1. The summed E-state index contributed by atoms with van der Waals surface area (Å²) < 4.78 is 5.05. The molecule has 2 heterocycles. The van der Waals surface area contributed by atoms with Gasteiger partial charge in [-0.2, -0.15) is 0 Å². The summed E-state index contributed by atoms with van der Waals surface area (Å²) in [6, 6.07) is 0.134. The minimum absolute atomic E-state index is 0.0116. The van der Waals surface area contributed by atoms with Crippen LogP contribution < -0.4 is 0 Å². The average molecular weight is 226 g/mol. The van der Waals surface area contributed by atoms with Crippen molar-refractivity contribution in [1.82, 2.24) is 9.88 Å². The molecular formula is C10H14N2O2S. The number of rotatable bonds is 2. The number of hydrogen-bond donors (Lipinski definition) is 0. The Hall–Kier alpha value is -1.10. The number of amides is 1. The number of carbonyl (C=O) groups excluding carboxylic acids is 1. The van der Waals surface area contributed by atoms with Gasteiger partial charge in [0.15, 0.2) is 0 Å². The number of carbonyl (C=O) groups is 1. The molecule has 1 fully saturated rings. The number of hydrogen-bond acceptors (Lipinski definition) is 4. The molecule has 0 radical (unpaired) electrons. The first-order chi connectivity index (χ1) is 7.09. The van der Waals surface area contributed by atoms with Crippen LogP contribution in [0.1, 0.15) is 30.6 Å². The molecule has 0 saturated carbocycles. The molecule has 15 heavy (non-hydrogen) atoms. The highest BCUT2D eigenvalue weighted by molar-refractivity contribution is 7.09. The van der Waals surface area contributed by atoms with E-state index in [2.05, 4.69) is 4.98 Å². The fourth-order valence-corrected chi connectivity index (χ4v) is 2.42. The summed E-state index contributed by atoms with van der Waals surface area (Å²) in [7, 11) is 0. The van der Waals surface area contributed by atoms with Crippen LogP contribution >= 0.6 is 11.3 Å². The fourth-order valence-electron chi connectivity index (χ4n) is 1.76. The Labute approximate surface area is 92.9 Å². The van der Waals surface area contributed by atoms with E-state index in [0.717, 1.165) is 10.7 Å². The molecule has 1 aliphatic rings. The Kier molecular flexibility index (Phi) is 2.65. The lowest BCUT2D eigenvalue weighted by Crippen LogP contribution is -2.34. The highest BCUT2D eigenvalue weighted by atomic mass is 32.1. The van der Waals surface area contributed by atoms with Gasteiger partial charge >= 0.3 is 6.09 Å². The minimum Gasteiger partial charge on any atom is -0.447 e. The lowest BCUT2D eigenvalue weighted by Gasteiger charge is -2.23. The molecule has 0 aromatic carbocycles. The highest BCUT2D eigenvalue weighted by Gasteiger charge is 2.36. The second-order valence-electron chi connectivity index (χ2n) is 3.89. The Morgan fingerprint density at radius 1 is 1.67 bits per heavy atom. The van der Waals surface area contributed by atoms with E-state index in [9.17, 15) is 4.79 Å². The van der Waals surface area contributed by atoms with Crippen LogP contribution in [-0.4, -0.2) is 28.6 Å². The van der Waals surface area contributed by atoms with Crippen molar-refractivity contribution in [2.75, 3.05) is 6.61 Å². The van der Waals surface area contributed by atoms with Gasteiger partial charge in [-0.15, -0.1) is 11.3 Å². The Morgan fingerprint density at radius 3 is 2.93 bits per heavy atom. The van der Waals surface area contributed by atoms with Crippen LogP contribution in [0.5, 0.6) is 0 Å². The van der Waals surface area contributed by atoms with Crippen molar-refractivity contribution in [2.45, 2.75) is 32.9 Å². The van der Waals surface area contributed by atoms with E-state index in [4.69, 9.17) is 4.74 Å². The summed E-state index contributed by atoms with van der Waals surface area (Å²) in [6.45, 7) is 6.35. The van der Waals surface area contributed by atoms with Crippen LogP contribution in [0.4, 0.5) is 4.79 Å². The molecular weight excluding hydrogens is 212 g/mol. The lowest BCUT2D eigenvalue weighted by molar-refractivity contribution is 0.149. The van der Waals surface area contributed by atoms with Crippen molar-refractivity contribution in [1.29, 1.82) is 0 Å². The molecule has 1 unspecified atom stereocenters. The zero-order valence-corrected chi connectivity index (χ0v) is 9.87. The molecule has 0 aliphatic carbocycles. The molecule has 1 aromatic heterocycles. The molecule has 1 amide bonds. The Bertz CT molecular complexity index is 375. The van der Waals surface area contributed by atoms with E-state index in [1.165, 1.54) is 0 Å². The quantitative estimate of drug-likeness (QED) is 0.777. The molecule has 2 rings (SSSR count). The van der Waals surface area contributed by atoms with Gasteiger partial charge in [-0.1, -0.05) is 0 Å². The van der Waals surface area contributed by atoms with Gasteiger partial charge in [0.25, 0.3) is 0 Å². The SMILES string of the molecule is Cc1nc(C2COC(=O)N2C(C)C)cs1. The maximum absolute atomic E-state index is 11.5. The maximum Gasteiger partial charge on any atom is 0.410 e. The number of aryl methyl sites for hydroxylation is 1. The van der Waals surface area contributed by atoms with E-state index < -0.39 is 0 Å². The molecule has 1 saturated heterocycles. The number of aromatic nitrogens is 1. The molecule has 4 nitrogen and oxygen atoms in total. The Balaban J connectivity index is 2.25. The topological polar surface area (TPSA) is 42.4 Å². The fraction of sp³-hybridized carbons (Fsp3) is 0.600. The third-order valence-corrected chi connectivity index (χ3v) is 3.24. The maximum atomic E-state index is 11.5. The normalized spacial score (nSPS) is 21.2. The largest absolute Gasteiger partial charge is 0.447 e. The summed E-state index contributed by atoms with van der Waals surface area (Å²) in [4.78, 5) is 17.6. The van der Waals surface area contributed by atoms with Gasteiger partial charge in [0, 0.05) is 11.4 Å². The summed E-state index contributed by atoms with van der Waals surface area (Å²) in [5, 5.41) is 3.02. The molecule has 0 bridgehead atoms. The molecule has 5 heteroatoms. The molecule has 0 spiro atoms. The van der Waals surface area contributed by atoms with Crippen LogP contribution in [0.25, 0.3) is 0 Å². The smallest absolute Gasteiger partial charge is 0.410 e. The van der Waals surface area contributed by atoms with Crippen LogP contribution in [0.3, 0.4) is 0 Å². The third-order valence-electron chi connectivity index (χ3n) is 2.45. The monoisotopic (exact) mass is 226 g/mol. The van der Waals surface area contributed by atoms with Gasteiger partial charge < -0.3 is 4.74 Å². The van der Waals surface area contributed by atoms with Gasteiger partial charge in [-0.05, 0) is 20.8 Å². The number of nitrogens with zero attached hydrogens (tertiary/aromatic N) is 2. The van der Waals surface area contributed by atoms with E-state index >= 15 is 0 Å². The van der Waals surface area contributed by atoms with E-state index in [-0.39, 0.29) is 18.2 Å². The average Bonchev–Trinajstić information content (AvgIpc) is 2.71. The van der Waals surface area contributed by atoms with Crippen molar-refractivity contribution in [3.63, 3.8) is 0 Å². The molecule has 1 aromatic rings. The van der Waals surface area contributed by atoms with Crippen molar-refractivity contribution < 1.29 is 9.53 Å². The first-order valence-corrected chi connectivity index (χ1v) is 5.84. The van der Waals surface area contributed by atoms with Crippen molar-refractivity contribution in [3.05, 3.63) is 16.1 Å². The Morgan fingerprint density at radius 2 is 2.40 bits per heavy atom. The van der Waals surface area contributed by atoms with E-state index in [1.807, 2.05) is 26.2 Å². The van der Waals surface area contributed by atoms with Crippen LogP contribution in [0.15, 0.2) is 5.38 Å². The third kappa shape index (κ3) is 1.84. The minimum atomic E-state index is -0.236. The summed E-state index contributed by atoms with van der Waals surface area (Å²) in [5.74, 6) is 0. The van der Waals surface area contributed by atoms with Gasteiger partial charge in [0.05, 0.1) is 10.7 Å². The van der Waals surface area contributed by atoms with Crippen LogP contribution in [0.2, 0.25) is 0 Å². The van der Waals surface area contributed by atoms with Gasteiger partial charge in [-0.25, -0.2) is 9.78 Å². The first kappa shape index (κ1) is 10.4. The lowest BCUT2D eigenvalue weighted by atomic mass is 10.2. The van der Waals surface area contributed by atoms with Crippen molar-refractivity contribution in [2.24, 2.45) is 0 Å². The summed E-state index contributed by atoms with van der Waals surface area (Å²) in [6.07, 6.45) is -0.236. The predicted octanol–water partition coefficient (Wildman–Crippen LogP) is 2.35. The highest BCUT2D eigenvalue weighted by Crippen LogP contribution is 2.30. The second-order valence-corrected chi connectivity index (χ2v) is 4.95. The van der Waals surface area contributed by atoms with Gasteiger partial charge in [-0.3, -0.25) is 4.90 Å². The molecule has 0 N–H and O–H groups in total. The molecule has 1 atom stereocenters. The summed E-state index contributed by atoms with van der Waals surface area (Å²) in [5.41, 5.74) is 0.942. The van der Waals surface area contributed by atoms with E-state index in [1.54, 1.807) is 16.2 Å². The van der Waals surface area contributed by atoms with Gasteiger partial charge in [0.2, 0.25) is 0 Å². The standard InChI is InChI=1S/C10H14N2O2S/c1-6(2)12-9(4-14-10(12)13)8-5-15-7(3)11-8/h5-6,9H,4H2,1-3H3. The number of thiazole rings is 1. The molecule has 1 aliphatic heterocycles. The molecule has 82 valence electrons. The van der Waals surface area contributed by atoms with E-state index in [0.29, 0.717) is 6.61 Å². The van der Waals surface area contributed by atoms with Crippen LogP contribution in [0, 0.1) is 6.92 Å². The zero-order valence-electron chi connectivity index (χ0n) is 9.06. The van der Waals surface area contributed by atoms with Gasteiger partial charge in [0.1, 0.15) is 12.6 Å². The second kappa shape index (κ2) is 3.81. The van der Waals surface area contributed by atoms with Crippen LogP contribution in [-0.2, 0) is 4.74 Å².